The van der Waals surface area contributed by atoms with Crippen molar-refractivity contribution in [2.75, 3.05) is 43.4 Å². The van der Waals surface area contributed by atoms with Crippen LogP contribution in [0.1, 0.15) is 42.6 Å². The van der Waals surface area contributed by atoms with Gasteiger partial charge in [-0.25, -0.2) is 4.59 Å². The molecule has 0 aliphatic heterocycles. The normalized spacial score (nSPS) is 13.4. The van der Waals surface area contributed by atoms with E-state index < -0.39 is 6.10 Å². The lowest BCUT2D eigenvalue weighted by Gasteiger charge is -2.38. The molecule has 5 N–H and O–H groups in total. The zero-order valence-corrected chi connectivity index (χ0v) is 22.7. The second kappa shape index (κ2) is 14.6. The number of benzene rings is 2. The van der Waals surface area contributed by atoms with E-state index in [0.717, 1.165) is 19.3 Å². The summed E-state index contributed by atoms with van der Waals surface area (Å²) in [5.41, 5.74) is 5.41. The Labute approximate surface area is 228 Å². The van der Waals surface area contributed by atoms with Crippen LogP contribution in [0.4, 0.5) is 17.6 Å². The van der Waals surface area contributed by atoms with Crippen molar-refractivity contribution in [2.45, 2.75) is 39.2 Å². The number of hydrogen-bond donors (Lipinski definition) is 5. The number of quaternary nitrogens is 1. The van der Waals surface area contributed by atoms with Crippen molar-refractivity contribution >= 4 is 35.1 Å². The fourth-order valence-electron chi connectivity index (χ4n) is 4.04. The zero-order chi connectivity index (χ0) is 27.4. The highest BCUT2D eigenvalue weighted by atomic mass is 35.5. The van der Waals surface area contributed by atoms with Gasteiger partial charge in [-0.15, -0.1) is 0 Å². The number of carbonyl (C=O) groups is 1. The Morgan fingerprint density at radius 1 is 1.03 bits per heavy atom. The molecule has 10 nitrogen and oxygen atoms in total. The van der Waals surface area contributed by atoms with Gasteiger partial charge in [-0.2, -0.15) is 20.4 Å². The van der Waals surface area contributed by atoms with E-state index in [0.29, 0.717) is 36.8 Å². The molecular formula is C27H37ClN7O3+. The molecule has 1 heterocycles. The van der Waals surface area contributed by atoms with Crippen LogP contribution in [-0.4, -0.2) is 74.6 Å². The third-order valence-electron chi connectivity index (χ3n) is 6.21. The molecule has 2 aromatic carbocycles. The van der Waals surface area contributed by atoms with Crippen molar-refractivity contribution in [2.24, 2.45) is 0 Å². The first-order valence-corrected chi connectivity index (χ1v) is 13.3. The summed E-state index contributed by atoms with van der Waals surface area (Å²) >= 11 is 6.11. The number of likely N-dealkylation sites (N-methyl/N-ethyl adjacent to an activating group) is 1. The lowest BCUT2D eigenvalue weighted by Crippen LogP contribution is -2.63. The van der Waals surface area contributed by atoms with Crippen molar-refractivity contribution < 1.29 is 19.6 Å². The van der Waals surface area contributed by atoms with Gasteiger partial charge in [0.2, 0.25) is 17.2 Å². The van der Waals surface area contributed by atoms with Gasteiger partial charge in [0.25, 0.3) is 5.91 Å². The predicted octanol–water partition coefficient (Wildman–Crippen LogP) is 3.56. The summed E-state index contributed by atoms with van der Waals surface area (Å²) in [5, 5.41) is 25.7. The molecule has 0 saturated carbocycles. The van der Waals surface area contributed by atoms with Gasteiger partial charge >= 0.3 is 0 Å². The van der Waals surface area contributed by atoms with Crippen LogP contribution >= 0.6 is 11.6 Å². The fraction of sp³-hybridized carbons (Fsp3) is 0.407. The number of amides is 1. The molecule has 1 aromatic heterocycles. The Kier molecular flexibility index (Phi) is 11.2. The highest BCUT2D eigenvalue weighted by Gasteiger charge is 2.31. The number of halogens is 1. The van der Waals surface area contributed by atoms with Crippen molar-refractivity contribution in [3.05, 3.63) is 71.0 Å². The maximum atomic E-state index is 13.1. The lowest BCUT2D eigenvalue weighted by molar-refractivity contribution is -0.962. The van der Waals surface area contributed by atoms with Crippen molar-refractivity contribution in [3.8, 4) is 0 Å². The van der Waals surface area contributed by atoms with Crippen LogP contribution in [-0.2, 0) is 6.42 Å². The average Bonchev–Trinajstić information content (AvgIpc) is 2.92. The Morgan fingerprint density at radius 2 is 1.74 bits per heavy atom. The van der Waals surface area contributed by atoms with E-state index in [1.807, 2.05) is 25.1 Å². The van der Waals surface area contributed by atoms with E-state index >= 15 is 0 Å². The van der Waals surface area contributed by atoms with Crippen LogP contribution < -0.4 is 16.1 Å². The first-order valence-electron chi connectivity index (χ1n) is 12.9. The number of nitrogens with one attached hydrogen (secondary N) is 3. The minimum Gasteiger partial charge on any atom is -0.393 e. The molecule has 0 aliphatic carbocycles. The SMILES string of the molecule is CCCC[N+](CC)(CC(O)CO)NC(=O)c1ccc(Nc2nc(Cl)nc(NCCc3ccccc3)n2)cc1. The first-order chi connectivity index (χ1) is 18.4. The molecule has 11 heteroatoms. The van der Waals surface area contributed by atoms with E-state index in [2.05, 4.69) is 50.1 Å². The third kappa shape index (κ3) is 8.91. The predicted molar refractivity (Wildman–Crippen MR) is 149 cm³/mol. The van der Waals surface area contributed by atoms with Crippen LogP contribution in [0.5, 0.6) is 0 Å². The second-order valence-corrected chi connectivity index (χ2v) is 9.45. The summed E-state index contributed by atoms with van der Waals surface area (Å²) in [6.07, 6.45) is 1.73. The number of anilines is 3. The molecule has 2 unspecified atom stereocenters. The van der Waals surface area contributed by atoms with Crippen molar-refractivity contribution in [3.63, 3.8) is 0 Å². The number of rotatable bonds is 15. The molecule has 0 aliphatic rings. The van der Waals surface area contributed by atoms with Gasteiger partial charge in [0.1, 0.15) is 19.2 Å². The van der Waals surface area contributed by atoms with Gasteiger partial charge in [0.15, 0.2) is 0 Å². The van der Waals surface area contributed by atoms with Crippen LogP contribution in [0, 0.1) is 0 Å². The van der Waals surface area contributed by atoms with E-state index in [9.17, 15) is 15.0 Å². The molecule has 204 valence electrons. The molecule has 0 fully saturated rings. The summed E-state index contributed by atoms with van der Waals surface area (Å²) in [7, 11) is 0. The van der Waals surface area contributed by atoms with E-state index in [1.165, 1.54) is 5.56 Å². The van der Waals surface area contributed by atoms with Crippen molar-refractivity contribution in [1.82, 2.24) is 20.4 Å². The summed E-state index contributed by atoms with van der Waals surface area (Å²) in [6, 6.07) is 17.0. The van der Waals surface area contributed by atoms with Gasteiger partial charge in [0.05, 0.1) is 13.2 Å². The zero-order valence-electron chi connectivity index (χ0n) is 21.9. The van der Waals surface area contributed by atoms with Gasteiger partial charge in [0, 0.05) is 17.8 Å². The number of aliphatic hydroxyl groups is 2. The largest absolute Gasteiger partial charge is 0.393 e. The van der Waals surface area contributed by atoms with Crippen molar-refractivity contribution in [1.29, 1.82) is 0 Å². The van der Waals surface area contributed by atoms with E-state index in [4.69, 9.17) is 11.6 Å². The lowest BCUT2D eigenvalue weighted by atomic mass is 10.1. The summed E-state index contributed by atoms with van der Waals surface area (Å²) < 4.78 is 0.192. The fourth-order valence-corrected chi connectivity index (χ4v) is 4.20. The smallest absolute Gasteiger partial charge is 0.295 e. The number of unbranched alkanes of at least 4 members (excludes halogenated alkanes) is 1. The number of aliphatic hydroxyl groups excluding tert-OH is 2. The molecule has 3 rings (SSSR count). The number of aromatic nitrogens is 3. The topological polar surface area (TPSA) is 132 Å². The standard InChI is InChI=1S/C27H36ClN7O3/c1-3-5-17-35(4-2,18-23(37)19-36)34-24(38)21-11-13-22(14-12-21)30-27-32-25(28)31-26(33-27)29-16-15-20-9-7-6-8-10-20/h6-14,23,36-37H,3-5,15-19H2,1-2H3,(H2-,29,30,31,32,33,34,38)/p+1. The molecule has 38 heavy (non-hydrogen) atoms. The molecule has 0 spiro atoms. The molecular weight excluding hydrogens is 506 g/mol. The maximum Gasteiger partial charge on any atom is 0.295 e. The highest BCUT2D eigenvalue weighted by Crippen LogP contribution is 2.18. The average molecular weight is 543 g/mol. The molecule has 2 atom stereocenters. The van der Waals surface area contributed by atoms with Crippen LogP contribution in [0.15, 0.2) is 54.6 Å². The molecule has 0 radical (unpaired) electrons. The number of nitrogens with zero attached hydrogens (tertiary/aromatic N) is 4. The van der Waals surface area contributed by atoms with Gasteiger partial charge in [-0.05, 0) is 61.2 Å². The van der Waals surface area contributed by atoms with Gasteiger partial charge in [-0.3, -0.25) is 4.79 Å². The summed E-state index contributed by atoms with van der Waals surface area (Å²) in [5.74, 6) is 0.390. The highest BCUT2D eigenvalue weighted by molar-refractivity contribution is 6.28. The molecule has 3 aromatic rings. The number of carbonyl (C=O) groups excluding carboxylic acids is 1. The Morgan fingerprint density at radius 3 is 2.39 bits per heavy atom. The van der Waals surface area contributed by atoms with Gasteiger partial charge < -0.3 is 20.8 Å². The van der Waals surface area contributed by atoms with E-state index in [1.54, 1.807) is 24.3 Å². The Balaban J connectivity index is 1.63. The van der Waals surface area contributed by atoms with Crippen LogP contribution in [0.3, 0.4) is 0 Å². The van der Waals surface area contributed by atoms with Gasteiger partial charge in [-0.1, -0.05) is 43.7 Å². The third-order valence-corrected chi connectivity index (χ3v) is 6.37. The maximum absolute atomic E-state index is 13.1. The van der Waals surface area contributed by atoms with E-state index in [-0.39, 0.29) is 34.9 Å². The monoisotopic (exact) mass is 542 g/mol. The first kappa shape index (κ1) is 29.2. The molecule has 0 saturated heterocycles. The molecule has 0 bridgehead atoms. The molecule has 1 amide bonds. The van der Waals surface area contributed by atoms with Crippen LogP contribution in [0.25, 0.3) is 0 Å². The Hall–Kier alpha value is -3.31. The summed E-state index contributed by atoms with van der Waals surface area (Å²) in [6.45, 7) is 5.80. The number of hydrogen-bond acceptors (Lipinski definition) is 8. The quantitative estimate of drug-likeness (QED) is 0.145. The summed E-state index contributed by atoms with van der Waals surface area (Å²) in [4.78, 5) is 25.7. The van der Waals surface area contributed by atoms with Crippen LogP contribution in [0.2, 0.25) is 5.28 Å². The Bertz CT molecular complexity index is 1150. The minimum atomic E-state index is -0.913. The minimum absolute atomic E-state index is 0.0616. The second-order valence-electron chi connectivity index (χ2n) is 9.11.